The number of nitrogens with one attached hydrogen (secondary N) is 3. The van der Waals surface area contributed by atoms with Crippen molar-refractivity contribution in [3.63, 3.8) is 0 Å². The van der Waals surface area contributed by atoms with E-state index in [1.807, 2.05) is 4.90 Å². The second-order valence-corrected chi connectivity index (χ2v) is 9.51. The summed E-state index contributed by atoms with van der Waals surface area (Å²) >= 11 is 0. The molecule has 12 heteroatoms. The minimum Gasteiger partial charge on any atom is -0.492 e. The predicted octanol–water partition coefficient (Wildman–Crippen LogP) is 4.36. The molecular weight excluding hydrogens is 506 g/mol. The number of piperazine rings is 1. The number of hydrogen-bond acceptors (Lipinski definition) is 8. The molecule has 5 rings (SSSR count). The molecule has 10 nitrogen and oxygen atoms in total. The van der Waals surface area contributed by atoms with Crippen LogP contribution in [0.1, 0.15) is 24.2 Å². The van der Waals surface area contributed by atoms with E-state index < -0.39 is 17.5 Å². The van der Waals surface area contributed by atoms with E-state index >= 15 is 4.39 Å². The largest absolute Gasteiger partial charge is 0.492 e. The second-order valence-electron chi connectivity index (χ2n) is 9.51. The Hall–Kier alpha value is -4.45. The number of primary amides is 1. The summed E-state index contributed by atoms with van der Waals surface area (Å²) in [6.45, 7) is 7.42. The van der Waals surface area contributed by atoms with Gasteiger partial charge in [-0.25, -0.2) is 8.78 Å². The molecule has 5 N–H and O–H groups in total. The summed E-state index contributed by atoms with van der Waals surface area (Å²) in [5, 5.41) is 6.61. The Morgan fingerprint density at radius 1 is 1.05 bits per heavy atom. The summed E-state index contributed by atoms with van der Waals surface area (Å²) in [5.41, 5.74) is 6.53. The van der Waals surface area contributed by atoms with Crippen molar-refractivity contribution in [2.75, 3.05) is 48.8 Å². The fraction of sp³-hybridized carbons (Fsp3) is 0.296. The number of nitrogens with zero attached hydrogens (tertiary/aromatic N) is 4. The van der Waals surface area contributed by atoms with Crippen LogP contribution in [-0.4, -0.2) is 65.1 Å². The summed E-state index contributed by atoms with van der Waals surface area (Å²) in [6, 6.07) is 9.74. The first-order valence-corrected chi connectivity index (χ1v) is 12.6. The van der Waals surface area contributed by atoms with Crippen molar-refractivity contribution >= 4 is 45.8 Å². The molecule has 1 aliphatic heterocycles. The van der Waals surface area contributed by atoms with E-state index in [1.165, 1.54) is 19.2 Å². The fourth-order valence-corrected chi connectivity index (χ4v) is 4.79. The zero-order valence-electron chi connectivity index (χ0n) is 21.9. The number of methoxy groups -OCH3 is 1. The molecule has 0 bridgehead atoms. The van der Waals surface area contributed by atoms with Crippen LogP contribution in [-0.2, 0) is 0 Å². The summed E-state index contributed by atoms with van der Waals surface area (Å²) in [7, 11) is 1.40. The number of fused-ring (bicyclic) bond motifs is 1. The Balaban J connectivity index is 1.45. The molecule has 0 radical (unpaired) electrons. The fourth-order valence-electron chi connectivity index (χ4n) is 4.79. The Morgan fingerprint density at radius 3 is 2.51 bits per heavy atom. The van der Waals surface area contributed by atoms with E-state index in [0.29, 0.717) is 41.5 Å². The van der Waals surface area contributed by atoms with Gasteiger partial charge >= 0.3 is 0 Å². The maximum atomic E-state index is 15.6. The number of benzene rings is 2. The average molecular weight is 537 g/mol. The van der Waals surface area contributed by atoms with Gasteiger partial charge in [-0.15, -0.1) is 0 Å². The summed E-state index contributed by atoms with van der Waals surface area (Å²) in [6.07, 6.45) is 1.67. The Kier molecular flexibility index (Phi) is 7.20. The molecule has 4 aromatic rings. The molecule has 0 atom stereocenters. The molecule has 1 saturated heterocycles. The van der Waals surface area contributed by atoms with E-state index in [9.17, 15) is 9.18 Å². The van der Waals surface area contributed by atoms with Crippen LogP contribution >= 0.6 is 0 Å². The van der Waals surface area contributed by atoms with Crippen molar-refractivity contribution in [3.8, 4) is 5.75 Å². The lowest BCUT2D eigenvalue weighted by Crippen LogP contribution is -2.49. The highest BCUT2D eigenvalue weighted by Gasteiger charge is 2.24. The van der Waals surface area contributed by atoms with Gasteiger partial charge in [0.15, 0.2) is 11.6 Å². The number of halogens is 2. The molecule has 0 unspecified atom stereocenters. The van der Waals surface area contributed by atoms with Gasteiger partial charge in [0, 0.05) is 38.4 Å². The third-order valence-electron chi connectivity index (χ3n) is 6.84. The lowest BCUT2D eigenvalue weighted by Gasteiger charge is -2.38. The highest BCUT2D eigenvalue weighted by molar-refractivity contribution is 6.01. The van der Waals surface area contributed by atoms with E-state index in [0.717, 1.165) is 19.2 Å². The number of nitrogens with two attached hydrogens (primary N) is 1. The monoisotopic (exact) mass is 536 g/mol. The quantitative estimate of drug-likeness (QED) is 0.262. The van der Waals surface area contributed by atoms with Gasteiger partial charge in [-0.1, -0.05) is 6.07 Å². The van der Waals surface area contributed by atoms with Gasteiger partial charge in [-0.3, -0.25) is 9.69 Å². The number of rotatable bonds is 8. The standard InChI is InChI=1S/C27H30F2N8O2/c1-15(2)36-11-13-37(14-12-36)20-8-7-19(23(39-3)22(20)29)33-27-34-25-16(9-10-31-25)26(35-27)32-18-6-4-5-17(28)21(18)24(30)38/h4-10,15H,11-14H2,1-3H3,(H2,30,38)(H3,31,32,33,34,35). The Morgan fingerprint density at radius 2 is 1.82 bits per heavy atom. The highest BCUT2D eigenvalue weighted by atomic mass is 19.1. The molecule has 2 aromatic carbocycles. The first-order valence-electron chi connectivity index (χ1n) is 12.6. The van der Waals surface area contributed by atoms with E-state index in [1.54, 1.807) is 24.4 Å². The van der Waals surface area contributed by atoms with Crippen LogP contribution in [0.3, 0.4) is 0 Å². The smallest absolute Gasteiger partial charge is 0.253 e. The number of aromatic nitrogens is 3. The number of amides is 1. The third-order valence-corrected chi connectivity index (χ3v) is 6.84. The summed E-state index contributed by atoms with van der Waals surface area (Å²) in [4.78, 5) is 28.3. The summed E-state index contributed by atoms with van der Waals surface area (Å²) in [5.74, 6) is -1.71. The van der Waals surface area contributed by atoms with Crippen molar-refractivity contribution in [2.24, 2.45) is 5.73 Å². The van der Waals surface area contributed by atoms with Crippen molar-refractivity contribution < 1.29 is 18.3 Å². The topological polar surface area (TPSA) is 124 Å². The predicted molar refractivity (Wildman–Crippen MR) is 147 cm³/mol. The van der Waals surface area contributed by atoms with Crippen LogP contribution in [0.15, 0.2) is 42.6 Å². The molecule has 1 fully saturated rings. The lowest BCUT2D eigenvalue weighted by atomic mass is 10.1. The molecule has 3 heterocycles. The number of aromatic amines is 1. The van der Waals surface area contributed by atoms with Crippen molar-refractivity contribution in [1.82, 2.24) is 19.9 Å². The maximum Gasteiger partial charge on any atom is 0.253 e. The number of hydrogen-bond donors (Lipinski definition) is 4. The third kappa shape index (κ3) is 5.15. The molecular formula is C27H30F2N8O2. The van der Waals surface area contributed by atoms with Crippen LogP contribution < -0.4 is 26.0 Å². The molecule has 0 saturated carbocycles. The Labute approximate surface area is 224 Å². The molecule has 2 aromatic heterocycles. The number of anilines is 5. The van der Waals surface area contributed by atoms with Crippen LogP contribution in [0, 0.1) is 11.6 Å². The van der Waals surface area contributed by atoms with Crippen LogP contribution in [0.4, 0.5) is 37.6 Å². The molecule has 1 amide bonds. The van der Waals surface area contributed by atoms with Gasteiger partial charge in [0.25, 0.3) is 5.91 Å². The molecule has 39 heavy (non-hydrogen) atoms. The van der Waals surface area contributed by atoms with E-state index in [-0.39, 0.29) is 28.8 Å². The molecule has 1 aliphatic rings. The maximum absolute atomic E-state index is 15.6. The van der Waals surface area contributed by atoms with E-state index in [2.05, 4.69) is 44.3 Å². The summed E-state index contributed by atoms with van der Waals surface area (Å²) < 4.78 is 35.4. The van der Waals surface area contributed by atoms with Crippen LogP contribution in [0.25, 0.3) is 11.0 Å². The Bertz CT molecular complexity index is 1520. The van der Waals surface area contributed by atoms with Gasteiger partial charge in [0.05, 0.1) is 35.1 Å². The zero-order chi connectivity index (χ0) is 27.7. The molecule has 0 aliphatic carbocycles. The minimum atomic E-state index is -0.917. The van der Waals surface area contributed by atoms with Gasteiger partial charge in [-0.05, 0) is 44.2 Å². The van der Waals surface area contributed by atoms with Gasteiger partial charge in [-0.2, -0.15) is 9.97 Å². The van der Waals surface area contributed by atoms with Crippen LogP contribution in [0.5, 0.6) is 5.75 Å². The van der Waals surface area contributed by atoms with Crippen LogP contribution in [0.2, 0.25) is 0 Å². The zero-order valence-corrected chi connectivity index (χ0v) is 21.9. The average Bonchev–Trinajstić information content (AvgIpc) is 3.38. The highest BCUT2D eigenvalue weighted by Crippen LogP contribution is 2.37. The normalized spacial score (nSPS) is 14.2. The first kappa shape index (κ1) is 26.2. The SMILES string of the molecule is COc1c(Nc2nc(Nc3cccc(F)c3C(N)=O)c3cc[nH]c3n2)ccc(N2CCN(C(C)C)CC2)c1F. The molecule has 204 valence electrons. The second kappa shape index (κ2) is 10.7. The first-order chi connectivity index (χ1) is 18.8. The van der Waals surface area contributed by atoms with Gasteiger partial charge in [0.1, 0.15) is 17.3 Å². The number of carbonyl (C=O) groups excluding carboxylic acids is 1. The number of carbonyl (C=O) groups is 1. The number of H-pyrrole nitrogens is 1. The van der Waals surface area contributed by atoms with Crippen molar-refractivity contribution in [3.05, 3.63) is 59.8 Å². The number of ether oxygens (including phenoxy) is 1. The van der Waals surface area contributed by atoms with Crippen molar-refractivity contribution in [2.45, 2.75) is 19.9 Å². The van der Waals surface area contributed by atoms with Gasteiger partial charge in [0.2, 0.25) is 5.95 Å². The van der Waals surface area contributed by atoms with E-state index in [4.69, 9.17) is 10.5 Å². The van der Waals surface area contributed by atoms with Crippen molar-refractivity contribution in [1.29, 1.82) is 0 Å². The lowest BCUT2D eigenvalue weighted by molar-refractivity contribution is 0.0997. The minimum absolute atomic E-state index is 0.0321. The molecule has 0 spiro atoms. The van der Waals surface area contributed by atoms with Gasteiger partial charge < -0.3 is 31.0 Å².